The van der Waals surface area contributed by atoms with E-state index < -0.39 is 11.3 Å². The molecule has 0 aromatic heterocycles. The van der Waals surface area contributed by atoms with E-state index in [1.165, 1.54) is 5.56 Å². The van der Waals surface area contributed by atoms with Crippen LogP contribution in [-0.2, 0) is 5.54 Å². The Morgan fingerprint density at radius 3 is 1.97 bits per heavy atom. The van der Waals surface area contributed by atoms with Crippen LogP contribution in [0.15, 0.2) is 30.3 Å². The number of hydrogen-bond donors (Lipinski definition) is 0. The van der Waals surface area contributed by atoms with E-state index >= 15 is 0 Å². The molecule has 4 aliphatic rings. The van der Waals surface area contributed by atoms with Crippen molar-refractivity contribution in [3.8, 4) is 0 Å². The van der Waals surface area contributed by atoms with Crippen molar-refractivity contribution in [2.45, 2.75) is 73.8 Å². The van der Waals surface area contributed by atoms with E-state index in [1.54, 1.807) is 9.80 Å². The summed E-state index contributed by atoms with van der Waals surface area (Å²) in [5.74, 6) is 0. The number of benzene rings is 1. The summed E-state index contributed by atoms with van der Waals surface area (Å²) in [6, 6.07) is 10.4. The van der Waals surface area contributed by atoms with Crippen LogP contribution in [0.4, 0.5) is 13.6 Å². The highest BCUT2D eigenvalue weighted by atomic mass is 19.1. The molecule has 4 nitrogen and oxygen atoms in total. The highest BCUT2D eigenvalue weighted by molar-refractivity contribution is 5.78. The van der Waals surface area contributed by atoms with Crippen LogP contribution in [0.25, 0.3) is 0 Å². The quantitative estimate of drug-likeness (QED) is 0.682. The maximum absolute atomic E-state index is 14.8. The number of urea groups is 1. The summed E-state index contributed by atoms with van der Waals surface area (Å²) >= 11 is 0. The van der Waals surface area contributed by atoms with Gasteiger partial charge in [0.05, 0.1) is 18.6 Å². The van der Waals surface area contributed by atoms with Gasteiger partial charge >= 0.3 is 6.03 Å². The van der Waals surface area contributed by atoms with Gasteiger partial charge in [0.15, 0.2) is 0 Å². The molecule has 1 spiro atoms. The normalized spacial score (nSPS) is 34.1. The van der Waals surface area contributed by atoms with E-state index in [1.807, 2.05) is 6.07 Å². The smallest absolute Gasteiger partial charge is 0.319 e. The Kier molecular flexibility index (Phi) is 4.48. The molecule has 1 heterocycles. The molecule has 0 bridgehead atoms. The van der Waals surface area contributed by atoms with E-state index in [9.17, 15) is 13.6 Å². The molecule has 0 N–H and O–H groups in total. The molecule has 2 amide bonds. The molecule has 3 saturated carbocycles. The summed E-state index contributed by atoms with van der Waals surface area (Å²) in [7, 11) is 4.24. The number of alkyl halides is 2. The molecule has 164 valence electrons. The van der Waals surface area contributed by atoms with Crippen molar-refractivity contribution in [2.75, 3.05) is 33.7 Å². The molecule has 30 heavy (non-hydrogen) atoms. The zero-order chi connectivity index (χ0) is 21.2. The van der Waals surface area contributed by atoms with Crippen LogP contribution in [0.2, 0.25) is 0 Å². The van der Waals surface area contributed by atoms with Gasteiger partial charge in [0.25, 0.3) is 0 Å². The van der Waals surface area contributed by atoms with Gasteiger partial charge in [0, 0.05) is 12.1 Å². The van der Waals surface area contributed by atoms with Gasteiger partial charge in [-0.25, -0.2) is 13.6 Å². The van der Waals surface area contributed by atoms with E-state index in [4.69, 9.17) is 0 Å². The first kappa shape index (κ1) is 20.2. The fourth-order valence-corrected chi connectivity index (χ4v) is 5.75. The second-order valence-electron chi connectivity index (χ2n) is 10.5. The Hall–Kier alpha value is -1.69. The lowest BCUT2D eigenvalue weighted by Gasteiger charge is -2.51. The van der Waals surface area contributed by atoms with Crippen LogP contribution in [0.1, 0.15) is 56.9 Å². The van der Waals surface area contributed by atoms with Crippen LogP contribution < -0.4 is 0 Å². The van der Waals surface area contributed by atoms with Crippen molar-refractivity contribution in [3.63, 3.8) is 0 Å². The first-order valence-electron chi connectivity index (χ1n) is 11.4. The molecule has 1 aromatic carbocycles. The van der Waals surface area contributed by atoms with Crippen LogP contribution in [0.5, 0.6) is 0 Å². The number of halogens is 2. The van der Waals surface area contributed by atoms with Gasteiger partial charge in [-0.15, -0.1) is 0 Å². The first-order valence-corrected chi connectivity index (χ1v) is 11.4. The third-order valence-electron chi connectivity index (χ3n) is 8.24. The summed E-state index contributed by atoms with van der Waals surface area (Å²) in [5, 5.41) is 0. The predicted octanol–water partition coefficient (Wildman–Crippen LogP) is 4.50. The van der Waals surface area contributed by atoms with E-state index in [-0.39, 0.29) is 30.2 Å². The standard InChI is InChI=1S/C24H33F2N3O/c1-27(2)24(19-6-4-3-5-7-19)14-12-23(13-15-24)18-28(16-21(25)8-9-21)20(30)29(23)17-22(26)10-11-22/h3-7H,8-18H2,1-2H3. The molecule has 5 rings (SSSR count). The minimum absolute atomic E-state index is 0.0839. The SMILES string of the molecule is CN(C)C1(c2ccccc2)CCC2(CC1)CN(CC1(F)CC1)C(=O)N2CC1(F)CC1. The minimum Gasteiger partial charge on any atom is -0.319 e. The van der Waals surface area contributed by atoms with Crippen molar-refractivity contribution in [2.24, 2.45) is 0 Å². The Bertz CT molecular complexity index is 811. The molecule has 3 aliphatic carbocycles. The van der Waals surface area contributed by atoms with Crippen LogP contribution in [0, 0.1) is 0 Å². The van der Waals surface area contributed by atoms with Gasteiger partial charge < -0.3 is 9.80 Å². The average Bonchev–Trinajstić information content (AvgIpc) is 3.63. The molecule has 0 radical (unpaired) electrons. The second-order valence-corrected chi connectivity index (χ2v) is 10.5. The number of amides is 2. The fourth-order valence-electron chi connectivity index (χ4n) is 5.75. The molecule has 0 unspecified atom stereocenters. The number of hydrogen-bond acceptors (Lipinski definition) is 2. The Balaban J connectivity index is 1.41. The second kappa shape index (κ2) is 6.65. The lowest BCUT2D eigenvalue weighted by atomic mass is 9.68. The maximum Gasteiger partial charge on any atom is 0.320 e. The monoisotopic (exact) mass is 417 g/mol. The largest absolute Gasteiger partial charge is 0.320 e. The topological polar surface area (TPSA) is 26.8 Å². The number of carbonyl (C=O) groups is 1. The lowest BCUT2D eigenvalue weighted by Crippen LogP contribution is -2.56. The molecule has 1 aromatic rings. The Morgan fingerprint density at radius 1 is 0.867 bits per heavy atom. The number of rotatable bonds is 6. The van der Waals surface area contributed by atoms with E-state index in [0.717, 1.165) is 25.7 Å². The average molecular weight is 418 g/mol. The van der Waals surface area contributed by atoms with Crippen molar-refractivity contribution in [3.05, 3.63) is 35.9 Å². The van der Waals surface area contributed by atoms with Gasteiger partial charge in [-0.05, 0) is 71.0 Å². The van der Waals surface area contributed by atoms with Crippen molar-refractivity contribution in [1.29, 1.82) is 0 Å². The van der Waals surface area contributed by atoms with E-state index in [0.29, 0.717) is 32.2 Å². The minimum atomic E-state index is -1.23. The number of nitrogens with zero attached hydrogens (tertiary/aromatic N) is 3. The summed E-state index contributed by atoms with van der Waals surface area (Å²) in [5.41, 5.74) is -1.62. The number of carbonyl (C=O) groups excluding carboxylic acids is 1. The Labute approximate surface area is 178 Å². The molecule has 6 heteroatoms. The van der Waals surface area contributed by atoms with Gasteiger partial charge in [0.1, 0.15) is 11.3 Å². The summed E-state index contributed by atoms with van der Waals surface area (Å²) in [4.78, 5) is 19.0. The van der Waals surface area contributed by atoms with Gasteiger partial charge in [-0.2, -0.15) is 0 Å². The summed E-state index contributed by atoms with van der Waals surface area (Å²) in [6.45, 7) is 0.870. The molecule has 0 atom stereocenters. The molecular formula is C24H33F2N3O. The van der Waals surface area contributed by atoms with Crippen molar-refractivity contribution >= 4 is 6.03 Å². The zero-order valence-electron chi connectivity index (χ0n) is 18.2. The fraction of sp³-hybridized carbons (Fsp3) is 0.708. The molecule has 1 aliphatic heterocycles. The first-order chi connectivity index (χ1) is 14.2. The van der Waals surface area contributed by atoms with Gasteiger partial charge in [-0.1, -0.05) is 30.3 Å². The van der Waals surface area contributed by atoms with Crippen LogP contribution in [0.3, 0.4) is 0 Å². The van der Waals surface area contributed by atoms with Crippen molar-refractivity contribution < 1.29 is 13.6 Å². The maximum atomic E-state index is 14.8. The van der Waals surface area contributed by atoms with Gasteiger partial charge in [0.2, 0.25) is 0 Å². The summed E-state index contributed by atoms with van der Waals surface area (Å²) in [6.07, 6.45) is 5.58. The highest BCUT2D eigenvalue weighted by Gasteiger charge is 2.59. The third kappa shape index (κ3) is 3.31. The van der Waals surface area contributed by atoms with Crippen LogP contribution in [-0.4, -0.2) is 71.3 Å². The van der Waals surface area contributed by atoms with Gasteiger partial charge in [-0.3, -0.25) is 4.90 Å². The molecule has 1 saturated heterocycles. The Morgan fingerprint density at radius 2 is 1.43 bits per heavy atom. The lowest BCUT2D eigenvalue weighted by molar-refractivity contribution is 0.0156. The molecular weight excluding hydrogens is 384 g/mol. The zero-order valence-corrected chi connectivity index (χ0v) is 18.2. The molecule has 4 fully saturated rings. The van der Waals surface area contributed by atoms with Crippen molar-refractivity contribution in [1.82, 2.24) is 14.7 Å². The highest BCUT2D eigenvalue weighted by Crippen LogP contribution is 2.52. The summed E-state index contributed by atoms with van der Waals surface area (Å²) < 4.78 is 29.3. The van der Waals surface area contributed by atoms with Crippen LogP contribution >= 0.6 is 0 Å². The third-order valence-corrected chi connectivity index (χ3v) is 8.24. The predicted molar refractivity (Wildman–Crippen MR) is 113 cm³/mol. The van der Waals surface area contributed by atoms with E-state index in [2.05, 4.69) is 43.3 Å².